The first-order chi connectivity index (χ1) is 14.0. The Balaban J connectivity index is 1.91. The summed E-state index contributed by atoms with van der Waals surface area (Å²) in [5, 5.41) is 13.0. The maximum Gasteiger partial charge on any atom is 0.416 e. The summed E-state index contributed by atoms with van der Waals surface area (Å²) in [5.41, 5.74) is 5.60. The van der Waals surface area contributed by atoms with E-state index in [1.54, 1.807) is 18.2 Å². The Morgan fingerprint density at radius 3 is 2.70 bits per heavy atom. The van der Waals surface area contributed by atoms with Crippen molar-refractivity contribution >= 4 is 40.7 Å². The predicted octanol–water partition coefficient (Wildman–Crippen LogP) is 3.56. The molecule has 160 valence electrons. The molecule has 0 aliphatic carbocycles. The number of nitrogens with zero attached hydrogens (tertiary/aromatic N) is 2. The molecule has 0 saturated carbocycles. The normalized spacial score (nSPS) is 19.2. The maximum absolute atomic E-state index is 13.2. The fourth-order valence-electron chi connectivity index (χ4n) is 3.46. The number of anilines is 3. The second-order valence-corrected chi connectivity index (χ2v) is 7.36. The number of alkyl halides is 3. The third kappa shape index (κ3) is 4.28. The number of amides is 1. The Hall–Kier alpha value is -3.01. The van der Waals surface area contributed by atoms with Crippen LogP contribution in [0.1, 0.15) is 17.7 Å². The molecule has 11 heteroatoms. The van der Waals surface area contributed by atoms with Crippen LogP contribution in [0.3, 0.4) is 0 Å². The number of pyridine rings is 1. The number of aliphatic carboxylic acids is 1. The number of carbonyl (C=O) groups excluding carboxylic acids is 1. The zero-order valence-corrected chi connectivity index (χ0v) is 16.5. The Morgan fingerprint density at radius 2 is 2.10 bits per heavy atom. The van der Waals surface area contributed by atoms with Gasteiger partial charge in [-0.15, -0.1) is 0 Å². The number of nitrogen functional groups attached to an aromatic ring is 1. The van der Waals surface area contributed by atoms with Crippen LogP contribution in [0.25, 0.3) is 0 Å². The molecule has 0 radical (unpaired) electrons. The number of carboxylic acids is 1. The molecule has 4 N–H and O–H groups in total. The quantitative estimate of drug-likeness (QED) is 0.611. The lowest BCUT2D eigenvalue weighted by atomic mass is 10.00. The minimum atomic E-state index is -4.66. The van der Waals surface area contributed by atoms with Gasteiger partial charge in [0, 0.05) is 24.6 Å². The smallest absolute Gasteiger partial charge is 0.416 e. The number of benzene rings is 1. The zero-order valence-electron chi connectivity index (χ0n) is 15.7. The molecular weight excluding hydrogens is 425 g/mol. The van der Waals surface area contributed by atoms with Crippen molar-refractivity contribution in [2.75, 3.05) is 22.5 Å². The van der Waals surface area contributed by atoms with Gasteiger partial charge in [-0.05, 0) is 31.2 Å². The highest BCUT2D eigenvalue weighted by Gasteiger charge is 2.46. The summed E-state index contributed by atoms with van der Waals surface area (Å²) in [6.45, 7) is 1.36. The Kier molecular flexibility index (Phi) is 5.80. The average molecular weight is 443 g/mol. The van der Waals surface area contributed by atoms with Crippen LogP contribution in [-0.4, -0.2) is 34.6 Å². The van der Waals surface area contributed by atoms with Gasteiger partial charge in [-0.3, -0.25) is 9.69 Å². The number of nitrogens with one attached hydrogen (secondary N) is 1. The minimum absolute atomic E-state index is 0.0159. The summed E-state index contributed by atoms with van der Waals surface area (Å²) in [4.78, 5) is 29.3. The van der Waals surface area contributed by atoms with E-state index in [0.717, 1.165) is 11.0 Å². The molecule has 1 aromatic carbocycles. The van der Waals surface area contributed by atoms with Gasteiger partial charge in [0.1, 0.15) is 11.9 Å². The van der Waals surface area contributed by atoms with Gasteiger partial charge in [0.05, 0.1) is 22.0 Å². The summed E-state index contributed by atoms with van der Waals surface area (Å²) in [7, 11) is 0. The van der Waals surface area contributed by atoms with Gasteiger partial charge in [0.15, 0.2) is 0 Å². The van der Waals surface area contributed by atoms with Gasteiger partial charge in [0.25, 0.3) is 0 Å². The highest BCUT2D eigenvalue weighted by molar-refractivity contribution is 6.33. The molecule has 2 aromatic rings. The second-order valence-electron chi connectivity index (χ2n) is 6.95. The molecule has 2 heterocycles. The molecule has 0 spiro atoms. The summed E-state index contributed by atoms with van der Waals surface area (Å²) in [6.07, 6.45) is -4.85. The number of halogens is 4. The van der Waals surface area contributed by atoms with E-state index >= 15 is 0 Å². The number of aromatic nitrogens is 1. The molecule has 3 rings (SSSR count). The van der Waals surface area contributed by atoms with Crippen LogP contribution in [0, 0.1) is 12.8 Å². The molecule has 2 atom stereocenters. The van der Waals surface area contributed by atoms with Crippen molar-refractivity contribution in [2.45, 2.75) is 25.6 Å². The highest BCUT2D eigenvalue weighted by atomic mass is 35.5. The topological polar surface area (TPSA) is 109 Å². The molecule has 0 bridgehead atoms. The van der Waals surface area contributed by atoms with Crippen molar-refractivity contribution in [3.8, 4) is 0 Å². The van der Waals surface area contributed by atoms with Crippen molar-refractivity contribution in [3.63, 3.8) is 0 Å². The van der Waals surface area contributed by atoms with Crippen LogP contribution in [0.4, 0.5) is 30.4 Å². The van der Waals surface area contributed by atoms with Crippen molar-refractivity contribution in [1.29, 1.82) is 0 Å². The number of carbonyl (C=O) groups is 2. The van der Waals surface area contributed by atoms with Crippen molar-refractivity contribution in [3.05, 3.63) is 46.6 Å². The highest BCUT2D eigenvalue weighted by Crippen LogP contribution is 2.36. The standard InChI is InChI=1S/C19H18ClF3N4O3/c1-9-5-11(19(21,22)23)7-14(26-9)27-15(28)6-10(17(27)18(29)30)8-25-16-12(20)3-2-4-13(16)24/h2-5,7,10,17,25H,6,8,24H2,1H3,(H,29,30)/t10?,17-/m0/s1. The van der Waals surface area contributed by atoms with Crippen LogP contribution in [0.2, 0.25) is 5.02 Å². The van der Waals surface area contributed by atoms with Gasteiger partial charge in [-0.25, -0.2) is 9.78 Å². The van der Waals surface area contributed by atoms with Crippen LogP contribution < -0.4 is 16.0 Å². The number of carboxylic acid groups (broad SMARTS) is 1. The molecule has 1 aliphatic heterocycles. The third-order valence-corrected chi connectivity index (χ3v) is 5.10. The molecule has 1 aromatic heterocycles. The van der Waals surface area contributed by atoms with Crippen LogP contribution in [0.15, 0.2) is 30.3 Å². The van der Waals surface area contributed by atoms with Gasteiger partial charge in [0.2, 0.25) is 5.91 Å². The van der Waals surface area contributed by atoms with Gasteiger partial charge in [-0.2, -0.15) is 13.2 Å². The third-order valence-electron chi connectivity index (χ3n) is 4.78. The minimum Gasteiger partial charge on any atom is -0.480 e. The molecule has 30 heavy (non-hydrogen) atoms. The van der Waals surface area contributed by atoms with E-state index in [4.69, 9.17) is 17.3 Å². The predicted molar refractivity (Wildman–Crippen MR) is 105 cm³/mol. The van der Waals surface area contributed by atoms with E-state index in [1.807, 2.05) is 0 Å². The number of para-hydroxylation sites is 1. The molecule has 1 amide bonds. The first kappa shape index (κ1) is 21.7. The fraction of sp³-hybridized carbons (Fsp3) is 0.316. The SMILES string of the molecule is Cc1cc(C(F)(F)F)cc(N2C(=O)CC(CNc3c(N)cccc3Cl)[C@H]2C(=O)O)n1. The lowest BCUT2D eigenvalue weighted by molar-refractivity contribution is -0.139. The van der Waals surface area contributed by atoms with E-state index in [1.165, 1.54) is 6.92 Å². The molecule has 1 unspecified atom stereocenters. The van der Waals surface area contributed by atoms with Crippen LogP contribution >= 0.6 is 11.6 Å². The second kappa shape index (κ2) is 8.02. The molecule has 1 fully saturated rings. The van der Waals surface area contributed by atoms with Gasteiger partial charge >= 0.3 is 12.1 Å². The van der Waals surface area contributed by atoms with Crippen LogP contribution in [-0.2, 0) is 15.8 Å². The van der Waals surface area contributed by atoms with E-state index in [9.17, 15) is 27.9 Å². The monoisotopic (exact) mass is 442 g/mol. The van der Waals surface area contributed by atoms with E-state index in [-0.39, 0.29) is 24.5 Å². The lowest BCUT2D eigenvalue weighted by Crippen LogP contribution is -2.43. The van der Waals surface area contributed by atoms with E-state index in [0.29, 0.717) is 22.5 Å². The fourth-order valence-corrected chi connectivity index (χ4v) is 3.71. The first-order valence-electron chi connectivity index (χ1n) is 8.87. The Labute approximate surface area is 174 Å². The summed E-state index contributed by atoms with van der Waals surface area (Å²) in [6, 6.07) is 4.96. The summed E-state index contributed by atoms with van der Waals surface area (Å²) in [5.74, 6) is -3.08. The van der Waals surface area contributed by atoms with Crippen molar-refractivity contribution in [1.82, 2.24) is 4.98 Å². The number of hydrogen-bond donors (Lipinski definition) is 3. The van der Waals surface area contributed by atoms with Crippen molar-refractivity contribution in [2.24, 2.45) is 5.92 Å². The van der Waals surface area contributed by atoms with Gasteiger partial charge < -0.3 is 16.2 Å². The first-order valence-corrected chi connectivity index (χ1v) is 9.25. The van der Waals surface area contributed by atoms with Crippen molar-refractivity contribution < 1.29 is 27.9 Å². The molecule has 1 saturated heterocycles. The average Bonchev–Trinajstić information content (AvgIpc) is 2.96. The summed E-state index contributed by atoms with van der Waals surface area (Å²) >= 11 is 6.09. The van der Waals surface area contributed by atoms with E-state index < -0.39 is 35.6 Å². The van der Waals surface area contributed by atoms with Gasteiger partial charge in [-0.1, -0.05) is 17.7 Å². The number of nitrogens with two attached hydrogens (primary N) is 1. The lowest BCUT2D eigenvalue weighted by Gasteiger charge is -2.25. The number of hydrogen-bond acceptors (Lipinski definition) is 5. The van der Waals surface area contributed by atoms with E-state index in [2.05, 4.69) is 10.3 Å². The van der Waals surface area contributed by atoms with Crippen LogP contribution in [0.5, 0.6) is 0 Å². The Morgan fingerprint density at radius 1 is 1.40 bits per heavy atom. The maximum atomic E-state index is 13.2. The molecule has 7 nitrogen and oxygen atoms in total. The summed E-state index contributed by atoms with van der Waals surface area (Å²) < 4.78 is 39.5. The molecular formula is C19H18ClF3N4O3. The zero-order chi connectivity index (χ0) is 22.2. The molecule has 1 aliphatic rings. The Bertz CT molecular complexity index is 979. The number of rotatable bonds is 5. The largest absolute Gasteiger partial charge is 0.480 e. The number of aryl methyl sites for hydroxylation is 1.